The lowest BCUT2D eigenvalue weighted by Gasteiger charge is -2.14. The van der Waals surface area contributed by atoms with Gasteiger partial charge in [-0.3, -0.25) is 10.1 Å². The van der Waals surface area contributed by atoms with Gasteiger partial charge in [0.1, 0.15) is 11.4 Å². The number of rotatable bonds is 7. The number of nitro groups is 1. The van der Waals surface area contributed by atoms with Crippen LogP contribution in [0.1, 0.15) is 17.0 Å². The van der Waals surface area contributed by atoms with Gasteiger partial charge in [0.05, 0.1) is 18.6 Å². The quantitative estimate of drug-likeness (QED) is 0.342. The topological polar surface area (TPSA) is 158 Å². The summed E-state index contributed by atoms with van der Waals surface area (Å²) in [4.78, 5) is 10.7. The van der Waals surface area contributed by atoms with Gasteiger partial charge in [0, 0.05) is 6.07 Å². The van der Waals surface area contributed by atoms with Crippen LogP contribution in [-0.4, -0.2) is 32.7 Å². The molecule has 0 spiro atoms. The van der Waals surface area contributed by atoms with Gasteiger partial charge in [-0.2, -0.15) is 0 Å². The maximum absolute atomic E-state index is 11.2. The first-order valence-electron chi connectivity index (χ1n) is 7.58. The summed E-state index contributed by atoms with van der Waals surface area (Å²) >= 11 is 0. The van der Waals surface area contributed by atoms with Crippen LogP contribution in [0.3, 0.4) is 0 Å². The molecule has 0 aliphatic carbocycles. The number of aromatic nitrogens is 4. The molecule has 0 atom stereocenters. The van der Waals surface area contributed by atoms with Crippen molar-refractivity contribution >= 4 is 17.3 Å². The molecular formula is C14H14N8O5. The fraction of sp³-hybridized carbons (Fsp3) is 0.286. The summed E-state index contributed by atoms with van der Waals surface area (Å²) in [6.45, 7) is 3.44. The first kappa shape index (κ1) is 17.9. The third-order valence-corrected chi connectivity index (χ3v) is 3.52. The molecule has 13 heteroatoms. The van der Waals surface area contributed by atoms with Crippen molar-refractivity contribution in [3.05, 3.63) is 45.3 Å². The van der Waals surface area contributed by atoms with Gasteiger partial charge in [-0.25, -0.2) is 14.3 Å². The van der Waals surface area contributed by atoms with Gasteiger partial charge in [-0.15, -0.1) is 5.11 Å². The summed E-state index contributed by atoms with van der Waals surface area (Å²) in [6.07, 6.45) is 0. The number of nitro benzene ring substituents is 1. The van der Waals surface area contributed by atoms with E-state index in [4.69, 9.17) is 9.37 Å². The van der Waals surface area contributed by atoms with Crippen LogP contribution >= 0.6 is 0 Å². The molecule has 0 radical (unpaired) electrons. The Bertz CT molecular complexity index is 982. The predicted octanol–water partition coefficient (Wildman–Crippen LogP) is 2.69. The molecule has 0 N–H and O–H groups in total. The molecule has 0 aliphatic heterocycles. The van der Waals surface area contributed by atoms with Crippen LogP contribution in [0.5, 0.6) is 5.75 Å². The Morgan fingerprint density at radius 2 is 1.93 bits per heavy atom. The molecule has 0 unspecified atom stereocenters. The fourth-order valence-electron chi connectivity index (χ4n) is 2.17. The summed E-state index contributed by atoms with van der Waals surface area (Å²) < 4.78 is 14.3. The summed E-state index contributed by atoms with van der Waals surface area (Å²) in [5, 5.41) is 35.4. The Morgan fingerprint density at radius 3 is 2.52 bits per heavy atom. The molecule has 0 saturated carbocycles. The molecule has 140 valence electrons. The largest absolute Gasteiger partial charge is 0.490 e. The number of methoxy groups -OCH3 is 1. The normalized spacial score (nSPS) is 11.1. The molecule has 2 aromatic heterocycles. The first-order chi connectivity index (χ1) is 13.0. The van der Waals surface area contributed by atoms with E-state index >= 15 is 0 Å². The van der Waals surface area contributed by atoms with Crippen molar-refractivity contribution in [2.45, 2.75) is 20.4 Å². The van der Waals surface area contributed by atoms with Crippen molar-refractivity contribution in [3.8, 4) is 5.75 Å². The van der Waals surface area contributed by atoms with Gasteiger partial charge in [0.2, 0.25) is 11.6 Å². The third-order valence-electron chi connectivity index (χ3n) is 3.52. The maximum Gasteiger partial charge on any atom is 0.311 e. The zero-order valence-electron chi connectivity index (χ0n) is 14.6. The van der Waals surface area contributed by atoms with E-state index in [2.05, 4.69) is 35.6 Å². The van der Waals surface area contributed by atoms with Crippen LogP contribution in [0.25, 0.3) is 0 Å². The van der Waals surface area contributed by atoms with Gasteiger partial charge in [-0.05, 0) is 35.8 Å². The number of aryl methyl sites for hydroxylation is 2. The Balaban J connectivity index is 1.93. The molecule has 3 aromatic rings. The minimum Gasteiger partial charge on any atom is -0.490 e. The highest BCUT2D eigenvalue weighted by Crippen LogP contribution is 2.29. The molecule has 0 amide bonds. The molecule has 27 heavy (non-hydrogen) atoms. The van der Waals surface area contributed by atoms with E-state index in [0.717, 1.165) is 0 Å². The molecule has 0 bridgehead atoms. The Labute approximate surface area is 151 Å². The van der Waals surface area contributed by atoms with E-state index in [0.29, 0.717) is 22.8 Å². The van der Waals surface area contributed by atoms with E-state index in [9.17, 15) is 10.1 Å². The summed E-state index contributed by atoms with van der Waals surface area (Å²) in [6, 6.07) is 4.55. The summed E-state index contributed by atoms with van der Waals surface area (Å²) in [7, 11) is 1.36. The summed E-state index contributed by atoms with van der Waals surface area (Å²) in [5.74, 6) is 0.640. The molecule has 3 rings (SSSR count). The smallest absolute Gasteiger partial charge is 0.311 e. The zero-order chi connectivity index (χ0) is 19.4. The lowest BCUT2D eigenvalue weighted by Crippen LogP contribution is -2.16. The Morgan fingerprint density at radius 1 is 1.19 bits per heavy atom. The Hall–Kier alpha value is -3.90. The van der Waals surface area contributed by atoms with Gasteiger partial charge in [0.25, 0.3) is 0 Å². The van der Waals surface area contributed by atoms with Crippen molar-refractivity contribution in [2.75, 3.05) is 12.1 Å². The molecule has 13 nitrogen and oxygen atoms in total. The SMILES string of the molecule is COc1ccc(CN(N=Nc2nonc2C)c2nonc2C)cc1[N+](=O)[O-]. The molecule has 0 saturated heterocycles. The second-order valence-corrected chi connectivity index (χ2v) is 5.36. The minimum absolute atomic E-state index is 0.105. The second kappa shape index (κ2) is 7.55. The third kappa shape index (κ3) is 3.86. The molecular weight excluding hydrogens is 360 g/mol. The van der Waals surface area contributed by atoms with E-state index in [-0.39, 0.29) is 23.8 Å². The highest BCUT2D eigenvalue weighted by molar-refractivity contribution is 5.50. The molecule has 1 aromatic carbocycles. The highest BCUT2D eigenvalue weighted by Gasteiger charge is 2.20. The molecule has 0 fully saturated rings. The second-order valence-electron chi connectivity index (χ2n) is 5.36. The maximum atomic E-state index is 11.2. The van der Waals surface area contributed by atoms with Crippen molar-refractivity contribution in [1.29, 1.82) is 0 Å². The van der Waals surface area contributed by atoms with Gasteiger partial charge < -0.3 is 4.74 Å². The van der Waals surface area contributed by atoms with E-state index < -0.39 is 4.92 Å². The molecule has 0 aliphatic rings. The lowest BCUT2D eigenvalue weighted by atomic mass is 10.2. The predicted molar refractivity (Wildman–Crippen MR) is 88.4 cm³/mol. The number of anilines is 1. The van der Waals surface area contributed by atoms with E-state index in [1.807, 2.05) is 0 Å². The average molecular weight is 374 g/mol. The number of benzene rings is 1. The van der Waals surface area contributed by atoms with Crippen molar-refractivity contribution < 1.29 is 18.9 Å². The van der Waals surface area contributed by atoms with Crippen molar-refractivity contribution in [2.24, 2.45) is 10.3 Å². The molecule has 2 heterocycles. The average Bonchev–Trinajstić information content (AvgIpc) is 3.26. The van der Waals surface area contributed by atoms with Crippen LogP contribution in [0, 0.1) is 24.0 Å². The first-order valence-corrected chi connectivity index (χ1v) is 7.58. The van der Waals surface area contributed by atoms with Crippen molar-refractivity contribution in [1.82, 2.24) is 20.6 Å². The van der Waals surface area contributed by atoms with Crippen LogP contribution in [-0.2, 0) is 6.54 Å². The lowest BCUT2D eigenvalue weighted by molar-refractivity contribution is -0.385. The highest BCUT2D eigenvalue weighted by atomic mass is 16.6. The van der Waals surface area contributed by atoms with Gasteiger partial charge in [-0.1, -0.05) is 21.6 Å². The fourth-order valence-corrected chi connectivity index (χ4v) is 2.17. The number of ether oxygens (including phenoxy) is 1. The minimum atomic E-state index is -0.526. The number of hydrogen-bond donors (Lipinski definition) is 0. The van der Waals surface area contributed by atoms with Crippen LogP contribution in [0.15, 0.2) is 37.8 Å². The number of hydrogen-bond acceptors (Lipinski definition) is 11. The van der Waals surface area contributed by atoms with Crippen molar-refractivity contribution in [3.63, 3.8) is 0 Å². The van der Waals surface area contributed by atoms with Gasteiger partial charge in [0.15, 0.2) is 5.75 Å². The van der Waals surface area contributed by atoms with Crippen LogP contribution in [0.4, 0.5) is 17.3 Å². The van der Waals surface area contributed by atoms with Crippen LogP contribution in [0.2, 0.25) is 0 Å². The Kier molecular flexibility index (Phi) is 5.01. The monoisotopic (exact) mass is 374 g/mol. The zero-order valence-corrected chi connectivity index (χ0v) is 14.6. The van der Waals surface area contributed by atoms with Crippen LogP contribution < -0.4 is 9.75 Å². The number of nitrogens with zero attached hydrogens (tertiary/aromatic N) is 8. The standard InChI is InChI=1S/C14H14N8O5/c1-8-13(18-26-16-8)15-20-21(14-9(2)17-27-19-14)7-10-4-5-12(25-3)11(6-10)22(23)24/h4-6H,7H2,1-3H3. The van der Waals surface area contributed by atoms with E-state index in [1.54, 1.807) is 19.9 Å². The van der Waals surface area contributed by atoms with E-state index in [1.165, 1.54) is 24.3 Å². The summed E-state index contributed by atoms with van der Waals surface area (Å²) in [5.41, 5.74) is 1.32. The van der Waals surface area contributed by atoms with Gasteiger partial charge >= 0.3 is 5.69 Å².